The summed E-state index contributed by atoms with van der Waals surface area (Å²) in [7, 11) is -3.50. The van der Waals surface area contributed by atoms with Gasteiger partial charge in [-0.3, -0.25) is 4.79 Å². The van der Waals surface area contributed by atoms with E-state index < -0.39 is 10.0 Å². The summed E-state index contributed by atoms with van der Waals surface area (Å²) in [6, 6.07) is 16.1. The predicted octanol–water partition coefficient (Wildman–Crippen LogP) is 3.94. The average molecular weight is 386 g/mol. The lowest BCUT2D eigenvalue weighted by Gasteiger charge is -2.16. The zero-order chi connectivity index (χ0) is 18.1. The van der Waals surface area contributed by atoms with Gasteiger partial charge in [0, 0.05) is 23.5 Å². The molecule has 0 bridgehead atoms. The van der Waals surface area contributed by atoms with Gasteiger partial charge in [0.1, 0.15) is 0 Å². The van der Waals surface area contributed by atoms with Crippen molar-refractivity contribution in [2.45, 2.75) is 17.7 Å². The van der Waals surface area contributed by atoms with Gasteiger partial charge in [0.05, 0.1) is 9.77 Å². The van der Waals surface area contributed by atoms with Crippen molar-refractivity contribution in [3.05, 3.63) is 59.5 Å². The van der Waals surface area contributed by atoms with Gasteiger partial charge in [-0.1, -0.05) is 24.3 Å². The molecule has 1 aliphatic heterocycles. The lowest BCUT2D eigenvalue weighted by Crippen LogP contribution is -2.27. The number of anilines is 1. The summed E-state index contributed by atoms with van der Waals surface area (Å²) in [6.07, 6.45) is 1.78. The van der Waals surface area contributed by atoms with E-state index in [1.807, 2.05) is 30.3 Å². The summed E-state index contributed by atoms with van der Waals surface area (Å²) in [5.41, 5.74) is 0.479. The van der Waals surface area contributed by atoms with Gasteiger partial charge in [-0.2, -0.15) is 4.31 Å². The van der Waals surface area contributed by atoms with E-state index in [0.717, 1.165) is 22.9 Å². The summed E-state index contributed by atoms with van der Waals surface area (Å²) in [4.78, 5) is 13.4. The molecule has 0 spiro atoms. The molecule has 1 saturated heterocycles. The van der Waals surface area contributed by atoms with Crippen LogP contribution < -0.4 is 5.32 Å². The lowest BCUT2D eigenvalue weighted by molar-refractivity contribution is 0.103. The Balaban J connectivity index is 1.57. The number of carbonyl (C=O) groups excluding carboxylic acids is 1. The molecule has 1 N–H and O–H groups in total. The number of amides is 1. The van der Waals surface area contributed by atoms with E-state index in [0.29, 0.717) is 23.7 Å². The molecule has 4 rings (SSSR count). The van der Waals surface area contributed by atoms with Crippen molar-refractivity contribution < 1.29 is 13.2 Å². The van der Waals surface area contributed by atoms with Gasteiger partial charge in [-0.05, 0) is 48.6 Å². The highest BCUT2D eigenvalue weighted by Gasteiger charge is 2.27. The van der Waals surface area contributed by atoms with Crippen molar-refractivity contribution in [3.8, 4) is 0 Å². The number of rotatable bonds is 4. The van der Waals surface area contributed by atoms with Crippen LogP contribution in [0.25, 0.3) is 10.1 Å². The van der Waals surface area contributed by atoms with Gasteiger partial charge in [0.2, 0.25) is 10.0 Å². The first kappa shape index (κ1) is 17.2. The molecule has 134 valence electrons. The maximum Gasteiger partial charge on any atom is 0.265 e. The molecular formula is C19H18N2O3S2. The average Bonchev–Trinajstić information content (AvgIpc) is 3.32. The second-order valence-electron chi connectivity index (χ2n) is 6.24. The molecule has 1 amide bonds. The van der Waals surface area contributed by atoms with Crippen LogP contribution in [0, 0.1) is 0 Å². The van der Waals surface area contributed by atoms with E-state index in [2.05, 4.69) is 5.32 Å². The summed E-state index contributed by atoms with van der Waals surface area (Å²) < 4.78 is 27.9. The Kier molecular flexibility index (Phi) is 4.52. The topological polar surface area (TPSA) is 66.5 Å². The highest BCUT2D eigenvalue weighted by atomic mass is 32.2. The van der Waals surface area contributed by atoms with E-state index in [-0.39, 0.29) is 10.8 Å². The van der Waals surface area contributed by atoms with Crippen molar-refractivity contribution in [2.75, 3.05) is 18.4 Å². The number of hydrogen-bond donors (Lipinski definition) is 1. The first-order valence-electron chi connectivity index (χ1n) is 8.44. The second-order valence-corrected chi connectivity index (χ2v) is 9.26. The Morgan fingerprint density at radius 2 is 1.77 bits per heavy atom. The third-order valence-corrected chi connectivity index (χ3v) is 7.45. The monoisotopic (exact) mass is 386 g/mol. The molecule has 0 radical (unpaired) electrons. The lowest BCUT2D eigenvalue weighted by atomic mass is 10.2. The number of nitrogens with zero attached hydrogens (tertiary/aromatic N) is 1. The van der Waals surface area contributed by atoms with Gasteiger partial charge in [-0.15, -0.1) is 11.3 Å². The molecule has 1 fully saturated rings. The van der Waals surface area contributed by atoms with Crippen LogP contribution in [0.15, 0.2) is 59.5 Å². The molecule has 0 atom stereocenters. The van der Waals surface area contributed by atoms with Crippen LogP contribution in [0.3, 0.4) is 0 Å². The van der Waals surface area contributed by atoms with E-state index in [4.69, 9.17) is 0 Å². The minimum absolute atomic E-state index is 0.216. The molecule has 1 aliphatic rings. The van der Waals surface area contributed by atoms with Crippen LogP contribution in [-0.2, 0) is 10.0 Å². The maximum atomic E-state index is 12.7. The standard InChI is InChI=1S/C19H18N2O3S2/c22-19(18-12-14-6-1-2-9-17(14)25-18)20-15-7-5-8-16(13-15)26(23,24)21-10-3-4-11-21/h1-2,5-9,12-13H,3-4,10-11H2,(H,20,22). The molecule has 7 heteroatoms. The Hall–Kier alpha value is -2.22. The number of hydrogen-bond acceptors (Lipinski definition) is 4. The van der Waals surface area contributed by atoms with Crippen molar-refractivity contribution in [3.63, 3.8) is 0 Å². The van der Waals surface area contributed by atoms with Gasteiger partial charge < -0.3 is 5.32 Å². The summed E-state index contributed by atoms with van der Waals surface area (Å²) in [6.45, 7) is 1.11. The molecule has 0 saturated carbocycles. The smallest absolute Gasteiger partial charge is 0.265 e. The van der Waals surface area contributed by atoms with Crippen molar-refractivity contribution in [1.82, 2.24) is 4.31 Å². The van der Waals surface area contributed by atoms with Crippen molar-refractivity contribution in [2.24, 2.45) is 0 Å². The van der Waals surface area contributed by atoms with Crippen molar-refractivity contribution in [1.29, 1.82) is 0 Å². The highest BCUT2D eigenvalue weighted by Crippen LogP contribution is 2.27. The van der Waals surface area contributed by atoms with Gasteiger partial charge >= 0.3 is 0 Å². The second kappa shape index (κ2) is 6.83. The minimum Gasteiger partial charge on any atom is -0.321 e. The van der Waals surface area contributed by atoms with Crippen LogP contribution in [0.1, 0.15) is 22.5 Å². The van der Waals surface area contributed by atoms with Crippen LogP contribution in [0.4, 0.5) is 5.69 Å². The fourth-order valence-electron chi connectivity index (χ4n) is 3.10. The minimum atomic E-state index is -3.50. The van der Waals surface area contributed by atoms with E-state index in [1.54, 1.807) is 18.2 Å². The predicted molar refractivity (Wildman–Crippen MR) is 104 cm³/mol. The number of carbonyl (C=O) groups is 1. The fraction of sp³-hybridized carbons (Fsp3) is 0.211. The Bertz CT molecular complexity index is 1030. The molecule has 0 unspecified atom stereocenters. The van der Waals surface area contributed by atoms with Crippen LogP contribution in [-0.4, -0.2) is 31.7 Å². The zero-order valence-electron chi connectivity index (χ0n) is 14.0. The first-order valence-corrected chi connectivity index (χ1v) is 10.7. The Labute approximate surface area is 156 Å². The third kappa shape index (κ3) is 3.25. The fourth-order valence-corrected chi connectivity index (χ4v) is 5.62. The summed E-state index contributed by atoms with van der Waals surface area (Å²) in [5, 5.41) is 3.83. The van der Waals surface area contributed by atoms with Gasteiger partial charge in [0.15, 0.2) is 0 Å². The van der Waals surface area contributed by atoms with Gasteiger partial charge in [-0.25, -0.2) is 8.42 Å². The summed E-state index contributed by atoms with van der Waals surface area (Å²) in [5.74, 6) is -0.234. The molecule has 1 aromatic heterocycles. The Morgan fingerprint density at radius 3 is 2.54 bits per heavy atom. The number of nitrogens with one attached hydrogen (secondary N) is 1. The van der Waals surface area contributed by atoms with Crippen LogP contribution in [0.2, 0.25) is 0 Å². The molecule has 26 heavy (non-hydrogen) atoms. The zero-order valence-corrected chi connectivity index (χ0v) is 15.6. The van der Waals surface area contributed by atoms with E-state index in [9.17, 15) is 13.2 Å². The molecule has 3 aromatic rings. The van der Waals surface area contributed by atoms with E-state index in [1.165, 1.54) is 21.7 Å². The highest BCUT2D eigenvalue weighted by molar-refractivity contribution is 7.89. The van der Waals surface area contributed by atoms with Crippen LogP contribution >= 0.6 is 11.3 Å². The number of sulfonamides is 1. The molecule has 2 heterocycles. The number of thiophene rings is 1. The molecule has 5 nitrogen and oxygen atoms in total. The van der Waals surface area contributed by atoms with Gasteiger partial charge in [0.25, 0.3) is 5.91 Å². The first-order chi connectivity index (χ1) is 12.5. The molecule has 0 aliphatic carbocycles. The van der Waals surface area contributed by atoms with Crippen LogP contribution in [0.5, 0.6) is 0 Å². The number of benzene rings is 2. The summed E-state index contributed by atoms with van der Waals surface area (Å²) >= 11 is 1.42. The largest absolute Gasteiger partial charge is 0.321 e. The molecule has 2 aromatic carbocycles. The SMILES string of the molecule is O=C(Nc1cccc(S(=O)(=O)N2CCCC2)c1)c1cc2ccccc2s1. The van der Waals surface area contributed by atoms with E-state index >= 15 is 0 Å². The number of fused-ring (bicyclic) bond motifs is 1. The molecular weight excluding hydrogens is 368 g/mol. The van der Waals surface area contributed by atoms with Crippen molar-refractivity contribution >= 4 is 43.0 Å². The normalized spacial score (nSPS) is 15.4. The maximum absolute atomic E-state index is 12.7. The quantitative estimate of drug-likeness (QED) is 0.739. The Morgan fingerprint density at radius 1 is 1.00 bits per heavy atom. The third-order valence-electron chi connectivity index (χ3n) is 4.44.